The molecule has 1 heterocycles. The van der Waals surface area contributed by atoms with Gasteiger partial charge in [0.1, 0.15) is 0 Å². The fraction of sp³-hybridized carbons (Fsp3) is 0.167. The zero-order valence-corrected chi connectivity index (χ0v) is 14.5. The summed E-state index contributed by atoms with van der Waals surface area (Å²) in [6.07, 6.45) is 0. The van der Waals surface area contributed by atoms with Crippen molar-refractivity contribution in [1.29, 1.82) is 0 Å². The Bertz CT molecular complexity index is 991. The van der Waals surface area contributed by atoms with E-state index < -0.39 is 10.0 Å². The molecule has 0 atom stereocenters. The second-order valence-corrected chi connectivity index (χ2v) is 7.44. The van der Waals surface area contributed by atoms with Crippen molar-refractivity contribution in [2.45, 2.75) is 25.7 Å². The molecule has 0 radical (unpaired) electrons. The number of rotatable bonds is 4. The Morgan fingerprint density at radius 3 is 2.46 bits per heavy atom. The summed E-state index contributed by atoms with van der Waals surface area (Å²) in [7, 11) is -3.70. The lowest BCUT2D eigenvalue weighted by Gasteiger charge is -2.12. The Hall–Kier alpha value is -2.60. The highest BCUT2D eigenvalue weighted by Crippen LogP contribution is 2.27. The van der Waals surface area contributed by atoms with Crippen LogP contribution in [-0.4, -0.2) is 13.6 Å². The van der Waals surface area contributed by atoms with Gasteiger partial charge in [-0.25, -0.2) is 8.42 Å². The molecular weight excluding hydrogens is 324 g/mol. The molecule has 3 rings (SSSR count). The Kier molecular flexibility index (Phi) is 4.15. The molecule has 3 aromatic rings. The fourth-order valence-electron chi connectivity index (χ4n) is 2.46. The topological polar surface area (TPSA) is 72.2 Å². The molecule has 0 bridgehead atoms. The molecule has 24 heavy (non-hydrogen) atoms. The minimum Gasteiger partial charge on any atom is -0.356 e. The summed E-state index contributed by atoms with van der Waals surface area (Å²) in [6.45, 7) is 5.49. The minimum atomic E-state index is -3.70. The van der Waals surface area contributed by atoms with Crippen LogP contribution in [0.5, 0.6) is 0 Å². The zero-order valence-electron chi connectivity index (χ0n) is 13.7. The van der Waals surface area contributed by atoms with Crippen LogP contribution in [0.2, 0.25) is 0 Å². The van der Waals surface area contributed by atoms with E-state index in [0.29, 0.717) is 22.6 Å². The molecular formula is C18H18N2O3S. The first-order valence-electron chi connectivity index (χ1n) is 7.49. The molecule has 5 nitrogen and oxygen atoms in total. The number of benzene rings is 2. The molecule has 1 N–H and O–H groups in total. The summed E-state index contributed by atoms with van der Waals surface area (Å²) < 4.78 is 33.4. The second-order valence-electron chi connectivity index (χ2n) is 5.79. The molecule has 0 amide bonds. The lowest BCUT2D eigenvalue weighted by molar-refractivity contribution is 0.427. The van der Waals surface area contributed by atoms with Crippen molar-refractivity contribution in [3.8, 4) is 11.3 Å². The number of anilines is 1. The van der Waals surface area contributed by atoms with Crippen LogP contribution in [0.25, 0.3) is 11.3 Å². The largest absolute Gasteiger partial charge is 0.356 e. The van der Waals surface area contributed by atoms with Gasteiger partial charge in [0, 0.05) is 17.3 Å². The predicted octanol–water partition coefficient (Wildman–Crippen LogP) is 4.07. The van der Waals surface area contributed by atoms with Crippen molar-refractivity contribution in [2.24, 2.45) is 0 Å². The molecule has 0 saturated carbocycles. The van der Waals surface area contributed by atoms with E-state index in [1.165, 1.54) is 0 Å². The zero-order chi connectivity index (χ0) is 17.3. The van der Waals surface area contributed by atoms with Gasteiger partial charge >= 0.3 is 0 Å². The molecule has 0 aliphatic carbocycles. The van der Waals surface area contributed by atoms with Gasteiger partial charge < -0.3 is 4.52 Å². The van der Waals surface area contributed by atoms with Gasteiger partial charge in [0.05, 0.1) is 10.6 Å². The number of aromatic nitrogens is 1. The standard InChI is InChI=1S/C18H18N2O3S/c1-12-5-4-6-16(9-12)20-24(21,22)18-11-15(8-7-13(18)2)17-10-14(3)19-23-17/h4-11,20H,1-3H3. The van der Waals surface area contributed by atoms with Gasteiger partial charge in [0.25, 0.3) is 10.0 Å². The van der Waals surface area contributed by atoms with E-state index in [4.69, 9.17) is 4.52 Å². The summed E-state index contributed by atoms with van der Waals surface area (Å²) in [6, 6.07) is 14.2. The van der Waals surface area contributed by atoms with E-state index >= 15 is 0 Å². The highest BCUT2D eigenvalue weighted by atomic mass is 32.2. The first-order valence-corrected chi connectivity index (χ1v) is 8.97. The molecule has 6 heteroatoms. The van der Waals surface area contributed by atoms with Crippen LogP contribution in [-0.2, 0) is 10.0 Å². The van der Waals surface area contributed by atoms with Gasteiger partial charge in [-0.1, -0.05) is 29.4 Å². The highest BCUT2D eigenvalue weighted by Gasteiger charge is 2.19. The van der Waals surface area contributed by atoms with Crippen LogP contribution in [0.1, 0.15) is 16.8 Å². The highest BCUT2D eigenvalue weighted by molar-refractivity contribution is 7.92. The first-order chi connectivity index (χ1) is 11.3. The van der Waals surface area contributed by atoms with Crippen molar-refractivity contribution in [1.82, 2.24) is 5.16 Å². The number of nitrogens with zero attached hydrogens (tertiary/aromatic N) is 1. The fourth-order valence-corrected chi connectivity index (χ4v) is 3.78. The van der Waals surface area contributed by atoms with Crippen LogP contribution in [0, 0.1) is 20.8 Å². The predicted molar refractivity (Wildman–Crippen MR) is 93.4 cm³/mol. The molecule has 0 spiro atoms. The first kappa shape index (κ1) is 16.3. The maximum absolute atomic E-state index is 12.8. The van der Waals surface area contributed by atoms with Crippen LogP contribution >= 0.6 is 0 Å². The summed E-state index contributed by atoms with van der Waals surface area (Å²) in [5.74, 6) is 0.541. The van der Waals surface area contributed by atoms with E-state index in [0.717, 1.165) is 11.3 Å². The van der Waals surface area contributed by atoms with Gasteiger partial charge in [-0.2, -0.15) is 0 Å². The third kappa shape index (κ3) is 3.33. The third-order valence-electron chi connectivity index (χ3n) is 3.66. The maximum atomic E-state index is 12.8. The molecule has 124 valence electrons. The van der Waals surface area contributed by atoms with Gasteiger partial charge in [0.2, 0.25) is 0 Å². The van der Waals surface area contributed by atoms with E-state index in [1.54, 1.807) is 37.3 Å². The SMILES string of the molecule is Cc1cccc(NS(=O)(=O)c2cc(-c3cc(C)no3)ccc2C)c1. The normalized spacial score (nSPS) is 11.5. The minimum absolute atomic E-state index is 0.218. The van der Waals surface area contributed by atoms with E-state index in [-0.39, 0.29) is 4.90 Å². The molecule has 0 aliphatic rings. The van der Waals surface area contributed by atoms with Crippen LogP contribution in [0.3, 0.4) is 0 Å². The molecule has 2 aromatic carbocycles. The lowest BCUT2D eigenvalue weighted by atomic mass is 10.1. The van der Waals surface area contributed by atoms with E-state index in [2.05, 4.69) is 9.88 Å². The Morgan fingerprint density at radius 1 is 1.00 bits per heavy atom. The van der Waals surface area contributed by atoms with Crippen molar-refractivity contribution in [2.75, 3.05) is 4.72 Å². The van der Waals surface area contributed by atoms with Crippen LogP contribution in [0.15, 0.2) is 57.9 Å². The van der Waals surface area contributed by atoms with Crippen molar-refractivity contribution >= 4 is 15.7 Å². The van der Waals surface area contributed by atoms with E-state index in [1.807, 2.05) is 32.0 Å². The van der Waals surface area contributed by atoms with Gasteiger partial charge in [-0.15, -0.1) is 0 Å². The summed E-state index contributed by atoms with van der Waals surface area (Å²) in [4.78, 5) is 0.218. The van der Waals surface area contributed by atoms with Crippen molar-refractivity contribution in [3.05, 3.63) is 65.4 Å². The molecule has 0 aliphatic heterocycles. The van der Waals surface area contributed by atoms with Crippen molar-refractivity contribution < 1.29 is 12.9 Å². The number of sulfonamides is 1. The number of nitrogens with one attached hydrogen (secondary N) is 1. The number of hydrogen-bond donors (Lipinski definition) is 1. The smallest absolute Gasteiger partial charge is 0.262 e. The summed E-state index contributed by atoms with van der Waals surface area (Å²) in [5, 5.41) is 3.84. The van der Waals surface area contributed by atoms with Crippen LogP contribution < -0.4 is 4.72 Å². The van der Waals surface area contributed by atoms with E-state index in [9.17, 15) is 8.42 Å². The Labute approximate surface area is 141 Å². The van der Waals surface area contributed by atoms with Crippen LogP contribution in [0.4, 0.5) is 5.69 Å². The average molecular weight is 342 g/mol. The summed E-state index contributed by atoms with van der Waals surface area (Å²) >= 11 is 0. The summed E-state index contributed by atoms with van der Waals surface area (Å²) in [5.41, 5.74) is 3.60. The van der Waals surface area contributed by atoms with Gasteiger partial charge in [-0.3, -0.25) is 4.72 Å². The molecule has 1 aromatic heterocycles. The molecule has 0 fully saturated rings. The second kappa shape index (κ2) is 6.13. The Morgan fingerprint density at radius 2 is 1.79 bits per heavy atom. The van der Waals surface area contributed by atoms with Gasteiger partial charge in [-0.05, 0) is 50.1 Å². The van der Waals surface area contributed by atoms with Crippen molar-refractivity contribution in [3.63, 3.8) is 0 Å². The quantitative estimate of drug-likeness (QED) is 0.776. The Balaban J connectivity index is 2.01. The molecule has 0 saturated heterocycles. The number of hydrogen-bond acceptors (Lipinski definition) is 4. The average Bonchev–Trinajstić information content (AvgIpc) is 2.93. The van der Waals surface area contributed by atoms with Gasteiger partial charge in [0.15, 0.2) is 5.76 Å². The third-order valence-corrected chi connectivity index (χ3v) is 5.18. The number of aryl methyl sites for hydroxylation is 3. The lowest BCUT2D eigenvalue weighted by Crippen LogP contribution is -2.14. The molecule has 0 unspecified atom stereocenters. The maximum Gasteiger partial charge on any atom is 0.262 e. The monoisotopic (exact) mass is 342 g/mol.